The van der Waals surface area contributed by atoms with E-state index in [1.807, 2.05) is 0 Å². The lowest BCUT2D eigenvalue weighted by molar-refractivity contribution is -0.137. The first kappa shape index (κ1) is 16.6. The van der Waals surface area contributed by atoms with Crippen molar-refractivity contribution in [3.63, 3.8) is 0 Å². The predicted octanol–water partition coefficient (Wildman–Crippen LogP) is 3.10. The highest BCUT2D eigenvalue weighted by atomic mass is 19.4. The van der Waals surface area contributed by atoms with Crippen LogP contribution >= 0.6 is 0 Å². The molecule has 1 fully saturated rings. The molecule has 8 heteroatoms. The van der Waals surface area contributed by atoms with Crippen molar-refractivity contribution in [2.45, 2.75) is 38.4 Å². The second kappa shape index (κ2) is 6.33. The van der Waals surface area contributed by atoms with E-state index in [-0.39, 0.29) is 5.69 Å². The minimum Gasteiger partial charge on any atom is -0.371 e. The molecule has 1 aromatic carbocycles. The minimum absolute atomic E-state index is 0.215. The Balaban J connectivity index is 2.00. The van der Waals surface area contributed by atoms with Crippen LogP contribution in [0.5, 0.6) is 0 Å². The molecule has 24 heavy (non-hydrogen) atoms. The van der Waals surface area contributed by atoms with Gasteiger partial charge >= 0.3 is 12.2 Å². The van der Waals surface area contributed by atoms with Crippen LogP contribution in [0, 0.1) is 0 Å². The number of alkyl halides is 3. The van der Waals surface area contributed by atoms with Gasteiger partial charge in [0.1, 0.15) is 0 Å². The molecule has 0 spiro atoms. The highest BCUT2D eigenvalue weighted by Crippen LogP contribution is 2.38. The molecule has 1 aromatic rings. The Bertz CT molecular complexity index is 666. The van der Waals surface area contributed by atoms with E-state index in [0.29, 0.717) is 24.4 Å². The van der Waals surface area contributed by atoms with Crippen molar-refractivity contribution in [2.24, 2.45) is 5.10 Å². The van der Waals surface area contributed by atoms with Crippen LogP contribution < -0.4 is 15.6 Å². The molecule has 2 amide bonds. The Morgan fingerprint density at radius 2 is 1.92 bits per heavy atom. The van der Waals surface area contributed by atoms with E-state index in [4.69, 9.17) is 0 Å². The second-order valence-electron chi connectivity index (χ2n) is 6.08. The molecule has 2 N–H and O–H groups in total. The maximum absolute atomic E-state index is 13.6. The topological polar surface area (TPSA) is 56.7 Å². The molecule has 0 saturated carbocycles. The van der Waals surface area contributed by atoms with Crippen LogP contribution in [0.15, 0.2) is 23.3 Å². The van der Waals surface area contributed by atoms with Gasteiger partial charge in [-0.25, -0.2) is 10.2 Å². The number of halogens is 3. The molecule has 0 unspecified atom stereocenters. The molecule has 0 aliphatic carbocycles. The highest BCUT2D eigenvalue weighted by molar-refractivity contribution is 6.07. The van der Waals surface area contributed by atoms with E-state index < -0.39 is 23.8 Å². The minimum atomic E-state index is -4.45. The summed E-state index contributed by atoms with van der Waals surface area (Å²) in [5.41, 5.74) is 2.53. The molecule has 0 aromatic heterocycles. The van der Waals surface area contributed by atoms with Crippen molar-refractivity contribution in [3.05, 3.63) is 29.3 Å². The zero-order valence-corrected chi connectivity index (χ0v) is 13.3. The number of carbonyl (C=O) groups excluding carboxylic acids is 1. The SMILES string of the molecule is C[C@@H]1NC(=O)NN=C1c1ccc(N2CCCCC2)c(C(F)(F)F)c1. The molecule has 2 aliphatic rings. The van der Waals surface area contributed by atoms with E-state index in [1.54, 1.807) is 17.9 Å². The number of carbonyl (C=O) groups is 1. The lowest BCUT2D eigenvalue weighted by Crippen LogP contribution is -2.48. The van der Waals surface area contributed by atoms with Gasteiger partial charge in [0.25, 0.3) is 0 Å². The third-order valence-electron chi connectivity index (χ3n) is 4.33. The maximum atomic E-state index is 13.6. The van der Waals surface area contributed by atoms with E-state index in [0.717, 1.165) is 25.3 Å². The van der Waals surface area contributed by atoms with E-state index in [1.165, 1.54) is 6.07 Å². The molecule has 1 saturated heterocycles. The Kier molecular flexibility index (Phi) is 4.38. The lowest BCUT2D eigenvalue weighted by atomic mass is 9.98. The van der Waals surface area contributed by atoms with Gasteiger partial charge in [-0.15, -0.1) is 0 Å². The Morgan fingerprint density at radius 1 is 1.21 bits per heavy atom. The van der Waals surface area contributed by atoms with Gasteiger partial charge in [0.2, 0.25) is 0 Å². The van der Waals surface area contributed by atoms with Gasteiger partial charge in [-0.1, -0.05) is 6.07 Å². The second-order valence-corrected chi connectivity index (χ2v) is 6.08. The first-order chi connectivity index (χ1) is 11.4. The van der Waals surface area contributed by atoms with E-state index in [2.05, 4.69) is 15.8 Å². The molecule has 0 radical (unpaired) electrons. The van der Waals surface area contributed by atoms with Crippen molar-refractivity contribution in [3.8, 4) is 0 Å². The fraction of sp³-hybridized carbons (Fsp3) is 0.500. The van der Waals surface area contributed by atoms with Crippen molar-refractivity contribution < 1.29 is 18.0 Å². The van der Waals surface area contributed by atoms with Gasteiger partial charge in [0.15, 0.2) is 0 Å². The molecule has 2 heterocycles. The summed E-state index contributed by atoms with van der Waals surface area (Å²) >= 11 is 0. The predicted molar refractivity (Wildman–Crippen MR) is 85.2 cm³/mol. The van der Waals surface area contributed by atoms with Crippen molar-refractivity contribution in [1.29, 1.82) is 0 Å². The molecule has 0 bridgehead atoms. The summed E-state index contributed by atoms with van der Waals surface area (Å²) in [7, 11) is 0. The van der Waals surface area contributed by atoms with Crippen molar-refractivity contribution in [2.75, 3.05) is 18.0 Å². The summed E-state index contributed by atoms with van der Waals surface area (Å²) in [5, 5.41) is 6.49. The normalized spacial score (nSPS) is 21.8. The Hall–Kier alpha value is -2.25. The van der Waals surface area contributed by atoms with Gasteiger partial charge in [0.05, 0.1) is 17.3 Å². The van der Waals surface area contributed by atoms with Crippen molar-refractivity contribution in [1.82, 2.24) is 10.7 Å². The molecular weight excluding hydrogens is 321 g/mol. The average Bonchev–Trinajstić information content (AvgIpc) is 2.54. The molecule has 5 nitrogen and oxygen atoms in total. The molecule has 2 aliphatic heterocycles. The maximum Gasteiger partial charge on any atom is 0.418 e. The number of nitrogens with one attached hydrogen (secondary N) is 2. The number of nitrogens with zero attached hydrogens (tertiary/aromatic N) is 2. The van der Waals surface area contributed by atoms with Crippen LogP contribution in [0.3, 0.4) is 0 Å². The Morgan fingerprint density at radius 3 is 2.54 bits per heavy atom. The fourth-order valence-corrected chi connectivity index (χ4v) is 3.15. The highest BCUT2D eigenvalue weighted by Gasteiger charge is 2.36. The van der Waals surface area contributed by atoms with Crippen LogP contribution in [-0.4, -0.2) is 30.9 Å². The van der Waals surface area contributed by atoms with Gasteiger partial charge < -0.3 is 10.2 Å². The standard InChI is InChI=1S/C16H19F3N4O/c1-10-14(21-22-15(24)20-10)11-5-6-13(12(9-11)16(17,18)19)23-7-3-2-4-8-23/h5-6,9-10H,2-4,7-8H2,1H3,(H2,20,22,24)/t10-/m0/s1. The number of hydrogen-bond donors (Lipinski definition) is 2. The van der Waals surface area contributed by atoms with Crippen LogP contribution in [0.4, 0.5) is 23.7 Å². The van der Waals surface area contributed by atoms with Gasteiger partial charge in [-0.05, 0) is 38.3 Å². The van der Waals surface area contributed by atoms with Crippen LogP contribution in [0.25, 0.3) is 0 Å². The third-order valence-corrected chi connectivity index (χ3v) is 4.33. The average molecular weight is 340 g/mol. The lowest BCUT2D eigenvalue weighted by Gasteiger charge is -2.31. The Labute approximate surface area is 137 Å². The van der Waals surface area contributed by atoms with Crippen LogP contribution in [-0.2, 0) is 6.18 Å². The number of hydrazone groups is 1. The summed E-state index contributed by atoms with van der Waals surface area (Å²) in [4.78, 5) is 13.0. The first-order valence-electron chi connectivity index (χ1n) is 7.97. The molecule has 130 valence electrons. The zero-order chi connectivity index (χ0) is 17.3. The number of piperidine rings is 1. The molecule has 3 rings (SSSR count). The van der Waals surface area contributed by atoms with Crippen molar-refractivity contribution >= 4 is 17.4 Å². The first-order valence-corrected chi connectivity index (χ1v) is 7.97. The number of hydrogen-bond acceptors (Lipinski definition) is 3. The summed E-state index contributed by atoms with van der Waals surface area (Å²) in [6.45, 7) is 2.96. The number of benzene rings is 1. The summed E-state index contributed by atoms with van der Waals surface area (Å²) < 4.78 is 40.7. The number of anilines is 1. The number of amides is 2. The van der Waals surface area contributed by atoms with Gasteiger partial charge in [-0.3, -0.25) is 0 Å². The van der Waals surface area contributed by atoms with Crippen LogP contribution in [0.1, 0.15) is 37.3 Å². The smallest absolute Gasteiger partial charge is 0.371 e. The van der Waals surface area contributed by atoms with Gasteiger partial charge in [-0.2, -0.15) is 18.3 Å². The number of rotatable bonds is 2. The third kappa shape index (κ3) is 3.32. The molecule has 1 atom stereocenters. The quantitative estimate of drug-likeness (QED) is 0.869. The van der Waals surface area contributed by atoms with Crippen LogP contribution in [0.2, 0.25) is 0 Å². The monoisotopic (exact) mass is 340 g/mol. The fourth-order valence-electron chi connectivity index (χ4n) is 3.15. The number of urea groups is 1. The zero-order valence-electron chi connectivity index (χ0n) is 13.3. The van der Waals surface area contributed by atoms with E-state index >= 15 is 0 Å². The summed E-state index contributed by atoms with van der Waals surface area (Å²) in [5.74, 6) is 0. The van der Waals surface area contributed by atoms with E-state index in [9.17, 15) is 18.0 Å². The summed E-state index contributed by atoms with van der Waals surface area (Å²) in [6, 6.07) is 3.34. The van der Waals surface area contributed by atoms with Gasteiger partial charge in [0, 0.05) is 24.3 Å². The summed E-state index contributed by atoms with van der Waals surface area (Å²) in [6.07, 6.45) is -1.59. The largest absolute Gasteiger partial charge is 0.418 e. The molecular formula is C16H19F3N4O.